The van der Waals surface area contributed by atoms with Crippen LogP contribution < -0.4 is 14.5 Å². The van der Waals surface area contributed by atoms with Crippen LogP contribution in [-0.4, -0.2) is 9.55 Å². The second kappa shape index (κ2) is 21.0. The Morgan fingerprint density at radius 2 is 1.10 bits per heavy atom. The van der Waals surface area contributed by atoms with E-state index in [1.54, 1.807) is 0 Å². The third kappa shape index (κ3) is 9.81. The summed E-state index contributed by atoms with van der Waals surface area (Å²) in [7, 11) is 0. The van der Waals surface area contributed by atoms with E-state index in [4.69, 9.17) is 9.72 Å². The number of nitrogens with zero attached hydrogens (tertiary/aromatic N) is 4. The average molecular weight is 1200 g/mol. The molecular formula is C70H57F2N4OPt-3. The molecule has 0 unspecified atom stereocenters. The summed E-state index contributed by atoms with van der Waals surface area (Å²) in [6.45, 7) is 17.5. The summed E-state index contributed by atoms with van der Waals surface area (Å²) in [5.74, 6) is 1.05. The van der Waals surface area contributed by atoms with Crippen LogP contribution in [0.2, 0.25) is 0 Å². The predicted octanol–water partition coefficient (Wildman–Crippen LogP) is 19.5. The average Bonchev–Trinajstić information content (AvgIpc) is 4.00. The molecule has 11 aromatic rings. The van der Waals surface area contributed by atoms with E-state index in [1.807, 2.05) is 48.7 Å². The topological polar surface area (TPSA) is 33.5 Å². The van der Waals surface area contributed by atoms with E-state index in [9.17, 15) is 0 Å². The number of ether oxygens (including phenoxy) is 1. The first kappa shape index (κ1) is 52.0. The van der Waals surface area contributed by atoms with Crippen molar-refractivity contribution in [3.63, 3.8) is 0 Å². The van der Waals surface area contributed by atoms with Crippen LogP contribution in [0.25, 0.3) is 72.1 Å². The Kier molecular flexibility index (Phi) is 14.0. The number of anilines is 4. The second-order valence-corrected chi connectivity index (χ2v) is 21.6. The van der Waals surface area contributed by atoms with Crippen molar-refractivity contribution in [2.24, 2.45) is 0 Å². The van der Waals surface area contributed by atoms with Crippen molar-refractivity contribution in [3.8, 4) is 61.8 Å². The molecule has 0 fully saturated rings. The first-order chi connectivity index (χ1) is 37.2. The quantitative estimate of drug-likeness (QED) is 0.121. The molecule has 0 spiro atoms. The minimum Gasteiger partial charge on any atom is -0.509 e. The molecule has 0 aliphatic carbocycles. The van der Waals surface area contributed by atoms with Gasteiger partial charge in [-0.25, -0.2) is 13.8 Å². The van der Waals surface area contributed by atoms with Gasteiger partial charge in [0, 0.05) is 78.5 Å². The van der Waals surface area contributed by atoms with Gasteiger partial charge in [0.2, 0.25) is 0 Å². The molecular weight excluding hydrogens is 1150 g/mol. The monoisotopic (exact) mass is 1200 g/mol. The summed E-state index contributed by atoms with van der Waals surface area (Å²) >= 11 is 0. The smallest absolute Gasteiger partial charge is 0.135 e. The third-order valence-corrected chi connectivity index (χ3v) is 14.7. The Balaban J connectivity index is 0.00000645. The van der Waals surface area contributed by atoms with Gasteiger partial charge in [0.25, 0.3) is 0 Å². The van der Waals surface area contributed by atoms with Gasteiger partial charge in [-0.15, -0.1) is 53.6 Å². The molecule has 2 aromatic heterocycles. The Morgan fingerprint density at radius 1 is 0.513 bits per heavy atom. The van der Waals surface area contributed by atoms with Gasteiger partial charge in [-0.2, -0.15) is 6.07 Å². The Hall–Kier alpha value is -8.12. The molecule has 0 saturated carbocycles. The van der Waals surface area contributed by atoms with Crippen LogP contribution in [0.15, 0.2) is 200 Å². The molecule has 0 radical (unpaired) electrons. The molecule has 12 rings (SSSR count). The normalized spacial score (nSPS) is 12.4. The largest absolute Gasteiger partial charge is 0.509 e. The van der Waals surface area contributed by atoms with Gasteiger partial charge >= 0.3 is 0 Å². The maximum absolute atomic E-state index is 15.3. The fourth-order valence-corrected chi connectivity index (χ4v) is 10.7. The van der Waals surface area contributed by atoms with E-state index in [1.165, 1.54) is 28.8 Å². The van der Waals surface area contributed by atoms with Crippen molar-refractivity contribution < 1.29 is 34.6 Å². The van der Waals surface area contributed by atoms with Crippen LogP contribution in [0.5, 0.6) is 11.5 Å². The number of fused-ring (bicyclic) bond motifs is 4. The first-order valence-corrected chi connectivity index (χ1v) is 26.4. The van der Waals surface area contributed by atoms with Gasteiger partial charge in [-0.1, -0.05) is 175 Å². The molecule has 0 saturated heterocycles. The van der Waals surface area contributed by atoms with Crippen molar-refractivity contribution in [1.82, 2.24) is 9.55 Å². The van der Waals surface area contributed by atoms with Gasteiger partial charge in [0.05, 0.1) is 0 Å². The van der Waals surface area contributed by atoms with E-state index in [2.05, 4.69) is 215 Å². The molecule has 8 heteroatoms. The predicted molar refractivity (Wildman–Crippen MR) is 313 cm³/mol. The van der Waals surface area contributed by atoms with Crippen LogP contribution >= 0.6 is 0 Å². The number of hydrogen-bond acceptors (Lipinski definition) is 4. The molecule has 0 bridgehead atoms. The zero-order chi connectivity index (χ0) is 53.1. The van der Waals surface area contributed by atoms with E-state index >= 15 is 8.78 Å². The third-order valence-electron chi connectivity index (χ3n) is 14.7. The van der Waals surface area contributed by atoms with Crippen molar-refractivity contribution in [1.29, 1.82) is 0 Å². The standard InChI is InChI=1S/C70H57F2N4O.Pt/c1-44(2)47-32-48(45(3)4)34-49(33-47)60-23-17-24-61(50-35-53(71)40-54(72)36-50)69(60)75-43-74(65-26-15-16-27-66(65)75)55-37-51(59-21-12-11-20-58(59)46-18-9-8-10-19-46)38-57(41-55)77-56-28-29-63-62-22-13-14-25-64(62)76(67(63)42-56)68-39-52(30-31-73-68)70(5,6)7;/h8-40,43-45H,1-7H3;/q-3;. The minimum atomic E-state index is -0.647. The number of pyridine rings is 1. The maximum atomic E-state index is 15.3. The summed E-state index contributed by atoms with van der Waals surface area (Å²) in [6, 6.07) is 72.0. The molecule has 0 N–H and O–H groups in total. The van der Waals surface area contributed by atoms with E-state index in [-0.39, 0.29) is 38.3 Å². The second-order valence-electron chi connectivity index (χ2n) is 21.6. The fourth-order valence-electron chi connectivity index (χ4n) is 10.7. The summed E-state index contributed by atoms with van der Waals surface area (Å²) < 4.78 is 39.9. The van der Waals surface area contributed by atoms with Crippen molar-refractivity contribution in [2.45, 2.75) is 65.7 Å². The zero-order valence-corrected chi connectivity index (χ0v) is 46.8. The van der Waals surface area contributed by atoms with Crippen LogP contribution in [0.4, 0.5) is 31.5 Å². The molecule has 1 aliphatic heterocycles. The molecule has 78 heavy (non-hydrogen) atoms. The summed E-state index contributed by atoms with van der Waals surface area (Å²) in [6.07, 6.45) is 1.88. The molecule has 9 aromatic carbocycles. The minimum absolute atomic E-state index is 0. The SMILES string of the molecule is CC(C)c1cc(-c2cccc(-c3cc(F)cc(F)c3)c2N2[CH-]N(c3[c-]c(Oc4[c-]c5c(cc4)c4ccccc4n5-c4cc(C(C)(C)C)ccn4)cc(-c4ccccc4-c4ccccc4)c3)c3ccccc32)cc(C(C)C)c1.[Pt]. The molecule has 0 atom stereocenters. The van der Waals surface area contributed by atoms with Gasteiger partial charge in [-0.05, 0) is 110 Å². The number of rotatable bonds is 11. The van der Waals surface area contributed by atoms with Crippen LogP contribution in [0.1, 0.15) is 77.0 Å². The number of hydrogen-bond donors (Lipinski definition) is 0. The molecule has 0 amide bonds. The maximum Gasteiger partial charge on any atom is 0.135 e. The molecule has 1 aliphatic rings. The van der Waals surface area contributed by atoms with Crippen LogP contribution in [0.3, 0.4) is 0 Å². The Bertz CT molecular complexity index is 4000. The zero-order valence-electron chi connectivity index (χ0n) is 44.6. The molecule has 390 valence electrons. The van der Waals surface area contributed by atoms with Gasteiger partial charge < -0.3 is 19.1 Å². The summed E-state index contributed by atoms with van der Waals surface area (Å²) in [5, 5.41) is 2.13. The number of halogens is 2. The van der Waals surface area contributed by atoms with Crippen LogP contribution in [-0.2, 0) is 26.5 Å². The number of benzene rings is 9. The van der Waals surface area contributed by atoms with Crippen molar-refractivity contribution >= 4 is 44.6 Å². The summed E-state index contributed by atoms with van der Waals surface area (Å²) in [5.41, 5.74) is 15.8. The van der Waals surface area contributed by atoms with Crippen molar-refractivity contribution in [3.05, 3.63) is 247 Å². The molecule has 5 nitrogen and oxygen atoms in total. The van der Waals surface area contributed by atoms with Crippen LogP contribution in [0, 0.1) is 30.4 Å². The van der Waals surface area contributed by atoms with Crippen molar-refractivity contribution in [2.75, 3.05) is 9.80 Å². The number of aromatic nitrogens is 2. The van der Waals surface area contributed by atoms with Gasteiger partial charge in [-0.3, -0.25) is 0 Å². The fraction of sp³-hybridized carbons (Fsp3) is 0.143. The summed E-state index contributed by atoms with van der Waals surface area (Å²) in [4.78, 5) is 9.20. The first-order valence-electron chi connectivity index (χ1n) is 26.4. The van der Waals surface area contributed by atoms with E-state index < -0.39 is 11.6 Å². The Labute approximate surface area is 470 Å². The van der Waals surface area contributed by atoms with Gasteiger partial charge in [0.15, 0.2) is 0 Å². The molecule has 3 heterocycles. The Morgan fingerprint density at radius 3 is 1.78 bits per heavy atom. The van der Waals surface area contributed by atoms with Gasteiger partial charge in [0.1, 0.15) is 17.5 Å². The number of para-hydroxylation sites is 4. The van der Waals surface area contributed by atoms with E-state index in [0.717, 1.165) is 84.1 Å². The van der Waals surface area contributed by atoms with E-state index in [0.29, 0.717) is 28.3 Å².